The molecule has 4 rings (SSSR count). The fourth-order valence-electron chi connectivity index (χ4n) is 3.76. The fourth-order valence-corrected chi connectivity index (χ4v) is 3.76. The van der Waals surface area contributed by atoms with Gasteiger partial charge < -0.3 is 25.8 Å². The second-order valence-corrected chi connectivity index (χ2v) is 7.63. The predicted octanol–water partition coefficient (Wildman–Crippen LogP) is 3.66. The van der Waals surface area contributed by atoms with Crippen LogP contribution in [0.4, 0.5) is 11.4 Å². The van der Waals surface area contributed by atoms with Crippen LogP contribution in [0.25, 0.3) is 0 Å². The van der Waals surface area contributed by atoms with Gasteiger partial charge in [0.2, 0.25) is 11.8 Å². The molecule has 7 heteroatoms. The zero-order valence-electron chi connectivity index (χ0n) is 16.4. The first-order chi connectivity index (χ1) is 13.9. The van der Waals surface area contributed by atoms with Gasteiger partial charge in [0.25, 0.3) is 5.79 Å². The summed E-state index contributed by atoms with van der Waals surface area (Å²) in [6.07, 6.45) is 5.23. The highest BCUT2D eigenvalue weighted by molar-refractivity contribution is 5.97. The van der Waals surface area contributed by atoms with Crippen LogP contribution < -0.4 is 25.8 Å². The van der Waals surface area contributed by atoms with E-state index >= 15 is 0 Å². The van der Waals surface area contributed by atoms with Gasteiger partial charge in [0, 0.05) is 35.8 Å². The number of hydrogen-bond acceptors (Lipinski definition) is 5. The number of carbonyl (C=O) groups excluding carboxylic acids is 2. The van der Waals surface area contributed by atoms with Gasteiger partial charge in [-0.2, -0.15) is 0 Å². The molecule has 1 aliphatic carbocycles. The van der Waals surface area contributed by atoms with Crippen molar-refractivity contribution < 1.29 is 19.1 Å². The molecule has 29 heavy (non-hydrogen) atoms. The average molecular weight is 395 g/mol. The fraction of sp³-hybridized carbons (Fsp3) is 0.364. The zero-order chi connectivity index (χ0) is 20.4. The maximum absolute atomic E-state index is 12.5. The lowest BCUT2D eigenvalue weighted by molar-refractivity contribution is -0.116. The summed E-state index contributed by atoms with van der Waals surface area (Å²) in [5.74, 6) is 0.254. The minimum absolute atomic E-state index is 0.196. The lowest BCUT2D eigenvalue weighted by atomic mass is 9.94. The van der Waals surface area contributed by atoms with Gasteiger partial charge >= 0.3 is 0 Å². The molecule has 0 unspecified atom stereocenters. The van der Waals surface area contributed by atoms with E-state index in [0.717, 1.165) is 37.1 Å². The summed E-state index contributed by atoms with van der Waals surface area (Å²) >= 11 is 0. The van der Waals surface area contributed by atoms with Crippen LogP contribution in [0.3, 0.4) is 0 Å². The maximum atomic E-state index is 12.5. The molecule has 1 aliphatic heterocycles. The van der Waals surface area contributed by atoms with E-state index in [1.807, 2.05) is 18.2 Å². The Kier molecular flexibility index (Phi) is 5.05. The Morgan fingerprint density at radius 3 is 2.31 bits per heavy atom. The van der Waals surface area contributed by atoms with E-state index in [-0.39, 0.29) is 5.91 Å². The van der Waals surface area contributed by atoms with Crippen molar-refractivity contribution in [3.05, 3.63) is 48.0 Å². The van der Waals surface area contributed by atoms with Crippen molar-refractivity contribution in [2.75, 3.05) is 10.6 Å². The van der Waals surface area contributed by atoms with Crippen LogP contribution in [0.1, 0.15) is 49.4 Å². The Bertz CT molecular complexity index is 920. The molecule has 2 aromatic carbocycles. The third kappa shape index (κ3) is 4.13. The summed E-state index contributed by atoms with van der Waals surface area (Å²) in [5.41, 5.74) is 7.00. The number of benzene rings is 2. The number of carbonyl (C=O) groups is 2. The SMILES string of the molecule is C[C@@H](Nc1ccc2c(c1)OC1(CCCCC1)O2)C(=O)Nc1ccc(C(N)=O)cc1. The van der Waals surface area contributed by atoms with E-state index < -0.39 is 17.7 Å². The first kappa shape index (κ1) is 19.1. The molecule has 0 bridgehead atoms. The highest BCUT2D eigenvalue weighted by atomic mass is 16.7. The largest absolute Gasteiger partial charge is 0.448 e. The van der Waals surface area contributed by atoms with E-state index in [9.17, 15) is 9.59 Å². The van der Waals surface area contributed by atoms with E-state index in [1.54, 1.807) is 31.2 Å². The molecule has 0 saturated heterocycles. The van der Waals surface area contributed by atoms with Crippen LogP contribution in [0.5, 0.6) is 11.5 Å². The van der Waals surface area contributed by atoms with Gasteiger partial charge in [-0.1, -0.05) is 6.42 Å². The molecule has 152 valence electrons. The summed E-state index contributed by atoms with van der Waals surface area (Å²) in [6, 6.07) is 11.6. The summed E-state index contributed by atoms with van der Waals surface area (Å²) in [4.78, 5) is 23.6. The Balaban J connectivity index is 1.37. The van der Waals surface area contributed by atoms with Crippen LogP contribution in [0, 0.1) is 0 Å². The number of nitrogens with two attached hydrogens (primary N) is 1. The van der Waals surface area contributed by atoms with Crippen molar-refractivity contribution in [3.8, 4) is 11.5 Å². The monoisotopic (exact) mass is 395 g/mol. The van der Waals surface area contributed by atoms with Crippen molar-refractivity contribution in [2.24, 2.45) is 5.73 Å². The second kappa shape index (κ2) is 7.66. The number of rotatable bonds is 5. The average Bonchev–Trinajstić information content (AvgIpc) is 3.05. The molecule has 1 heterocycles. The lowest BCUT2D eigenvalue weighted by Gasteiger charge is -2.31. The van der Waals surface area contributed by atoms with Crippen molar-refractivity contribution in [3.63, 3.8) is 0 Å². The van der Waals surface area contributed by atoms with E-state index in [1.165, 1.54) is 6.42 Å². The quantitative estimate of drug-likeness (QED) is 0.717. The number of fused-ring (bicyclic) bond motifs is 1. The van der Waals surface area contributed by atoms with Gasteiger partial charge in [0.1, 0.15) is 6.04 Å². The third-order valence-corrected chi connectivity index (χ3v) is 5.36. The molecule has 7 nitrogen and oxygen atoms in total. The molecule has 0 aromatic heterocycles. The molecular weight excluding hydrogens is 370 g/mol. The van der Waals surface area contributed by atoms with E-state index in [2.05, 4.69) is 10.6 Å². The van der Waals surface area contributed by atoms with Gasteiger partial charge in [-0.3, -0.25) is 9.59 Å². The Morgan fingerprint density at radius 1 is 0.966 bits per heavy atom. The molecule has 2 amide bonds. The Morgan fingerprint density at radius 2 is 1.62 bits per heavy atom. The molecule has 0 radical (unpaired) electrons. The van der Waals surface area contributed by atoms with Crippen LogP contribution in [0.15, 0.2) is 42.5 Å². The van der Waals surface area contributed by atoms with Gasteiger partial charge in [0.05, 0.1) is 0 Å². The highest BCUT2D eigenvalue weighted by Gasteiger charge is 2.42. The minimum atomic E-state index is -0.515. The van der Waals surface area contributed by atoms with Gasteiger partial charge in [-0.15, -0.1) is 0 Å². The van der Waals surface area contributed by atoms with Gasteiger partial charge in [-0.05, 0) is 56.2 Å². The molecular formula is C22H25N3O4. The number of anilines is 2. The molecule has 2 aliphatic rings. The van der Waals surface area contributed by atoms with Crippen molar-refractivity contribution in [1.29, 1.82) is 0 Å². The van der Waals surface area contributed by atoms with Crippen LogP contribution in [-0.2, 0) is 4.79 Å². The summed E-state index contributed by atoms with van der Waals surface area (Å²) in [5, 5.41) is 6.01. The lowest BCUT2D eigenvalue weighted by Crippen LogP contribution is -2.40. The Labute approximate surface area is 169 Å². The molecule has 4 N–H and O–H groups in total. The van der Waals surface area contributed by atoms with Crippen LogP contribution in [0.2, 0.25) is 0 Å². The van der Waals surface area contributed by atoms with Crippen molar-refractivity contribution in [1.82, 2.24) is 0 Å². The summed E-state index contributed by atoms with van der Waals surface area (Å²) < 4.78 is 12.2. The van der Waals surface area contributed by atoms with Crippen LogP contribution in [-0.4, -0.2) is 23.6 Å². The first-order valence-corrected chi connectivity index (χ1v) is 9.93. The molecule has 1 atom stereocenters. The van der Waals surface area contributed by atoms with Crippen LogP contribution >= 0.6 is 0 Å². The Hall–Kier alpha value is -3.22. The molecule has 2 aromatic rings. The predicted molar refractivity (Wildman–Crippen MR) is 110 cm³/mol. The van der Waals surface area contributed by atoms with E-state index in [4.69, 9.17) is 15.2 Å². The highest BCUT2D eigenvalue weighted by Crippen LogP contribution is 2.46. The number of amides is 2. The smallest absolute Gasteiger partial charge is 0.251 e. The number of nitrogens with one attached hydrogen (secondary N) is 2. The standard InChI is InChI=1S/C22H25N3O4/c1-14(21(27)25-16-7-5-15(6-8-16)20(23)26)24-17-9-10-18-19(13-17)29-22(28-18)11-3-2-4-12-22/h5-10,13-14,24H,2-4,11-12H2,1H3,(H2,23,26)(H,25,27)/t14-/m1/s1. The minimum Gasteiger partial charge on any atom is -0.448 e. The molecule has 1 saturated carbocycles. The molecule has 1 fully saturated rings. The number of hydrogen-bond donors (Lipinski definition) is 3. The van der Waals surface area contributed by atoms with E-state index in [0.29, 0.717) is 17.0 Å². The number of ether oxygens (including phenoxy) is 2. The molecule has 1 spiro atoms. The van der Waals surface area contributed by atoms with Gasteiger partial charge in [0.15, 0.2) is 11.5 Å². The second-order valence-electron chi connectivity index (χ2n) is 7.63. The topological polar surface area (TPSA) is 103 Å². The van der Waals surface area contributed by atoms with Gasteiger partial charge in [-0.25, -0.2) is 0 Å². The van der Waals surface area contributed by atoms with Crippen molar-refractivity contribution >= 4 is 23.2 Å². The summed E-state index contributed by atoms with van der Waals surface area (Å²) in [7, 11) is 0. The van der Waals surface area contributed by atoms with Crippen molar-refractivity contribution in [2.45, 2.75) is 50.9 Å². The number of primary amides is 1. The maximum Gasteiger partial charge on any atom is 0.251 e. The first-order valence-electron chi connectivity index (χ1n) is 9.93. The summed E-state index contributed by atoms with van der Waals surface area (Å²) in [6.45, 7) is 1.78. The third-order valence-electron chi connectivity index (χ3n) is 5.36. The normalized spacial score (nSPS) is 17.6. The zero-order valence-corrected chi connectivity index (χ0v) is 16.4.